The van der Waals surface area contributed by atoms with Crippen LogP contribution in [-0.2, 0) is 10.0 Å². The second-order valence-corrected chi connectivity index (χ2v) is 11.6. The maximum atomic E-state index is 13.2. The van der Waals surface area contributed by atoms with E-state index >= 15 is 0 Å². The topological polar surface area (TPSA) is 105 Å². The van der Waals surface area contributed by atoms with E-state index in [4.69, 9.17) is 4.74 Å². The highest BCUT2D eigenvalue weighted by molar-refractivity contribution is 7.89. The number of amides is 2. The molecule has 0 saturated carbocycles. The standard InChI is InChI=1S/C25H33N3O5S/c1-17-12-14-28(15-13-17)34(31,32)18-10-11-22(33-5)20(16-18)23(29)26-21-9-7-6-8-19(21)24(30)27-25(2,3)4/h6-11,16-17H,12-15H2,1-5H3,(H,26,29)(H,27,30). The zero-order valence-electron chi connectivity index (χ0n) is 20.3. The number of sulfonamides is 1. The molecule has 2 aromatic rings. The summed E-state index contributed by atoms with van der Waals surface area (Å²) in [6, 6.07) is 10.9. The van der Waals surface area contributed by atoms with Crippen molar-refractivity contribution >= 4 is 27.5 Å². The molecule has 184 valence electrons. The van der Waals surface area contributed by atoms with Crippen molar-refractivity contribution in [3.8, 4) is 5.75 Å². The molecule has 0 radical (unpaired) electrons. The molecule has 0 unspecified atom stereocenters. The largest absolute Gasteiger partial charge is 0.496 e. The van der Waals surface area contributed by atoms with Crippen molar-refractivity contribution < 1.29 is 22.7 Å². The molecule has 34 heavy (non-hydrogen) atoms. The molecule has 1 aliphatic rings. The number of carbonyl (C=O) groups is 2. The molecule has 0 spiro atoms. The van der Waals surface area contributed by atoms with Crippen LogP contribution in [0.15, 0.2) is 47.4 Å². The number of piperidine rings is 1. The fourth-order valence-electron chi connectivity index (χ4n) is 3.79. The Bertz CT molecular complexity index is 1160. The quantitative estimate of drug-likeness (QED) is 0.643. The lowest BCUT2D eigenvalue weighted by atomic mass is 10.0. The van der Waals surface area contributed by atoms with Crippen LogP contribution in [0.5, 0.6) is 5.75 Å². The van der Waals surface area contributed by atoms with E-state index in [1.807, 2.05) is 20.8 Å². The molecule has 0 bridgehead atoms. The third-order valence-electron chi connectivity index (χ3n) is 5.70. The normalized spacial score (nSPS) is 15.6. The lowest BCUT2D eigenvalue weighted by molar-refractivity contribution is 0.0920. The maximum absolute atomic E-state index is 13.2. The third-order valence-corrected chi connectivity index (χ3v) is 7.60. The minimum Gasteiger partial charge on any atom is -0.496 e. The van der Waals surface area contributed by atoms with Crippen molar-refractivity contribution in [1.29, 1.82) is 0 Å². The van der Waals surface area contributed by atoms with Crippen molar-refractivity contribution in [3.63, 3.8) is 0 Å². The monoisotopic (exact) mass is 487 g/mol. The molecule has 0 aliphatic carbocycles. The Balaban J connectivity index is 1.91. The molecule has 1 fully saturated rings. The van der Waals surface area contributed by atoms with E-state index in [1.165, 1.54) is 29.6 Å². The first-order valence-electron chi connectivity index (χ1n) is 11.3. The number of nitrogens with zero attached hydrogens (tertiary/aromatic N) is 1. The van der Waals surface area contributed by atoms with Gasteiger partial charge in [-0.25, -0.2) is 8.42 Å². The predicted octanol–water partition coefficient (Wildman–Crippen LogP) is 3.90. The van der Waals surface area contributed by atoms with Crippen molar-refractivity contribution in [2.45, 2.75) is 51.0 Å². The van der Waals surface area contributed by atoms with Gasteiger partial charge in [-0.1, -0.05) is 19.1 Å². The summed E-state index contributed by atoms with van der Waals surface area (Å²) in [6.07, 6.45) is 1.60. The maximum Gasteiger partial charge on any atom is 0.259 e. The molecule has 2 amide bonds. The van der Waals surface area contributed by atoms with E-state index in [2.05, 4.69) is 17.6 Å². The van der Waals surface area contributed by atoms with Gasteiger partial charge in [-0.15, -0.1) is 0 Å². The van der Waals surface area contributed by atoms with E-state index in [0.29, 0.717) is 30.3 Å². The molecular formula is C25H33N3O5S. The number of hydrogen-bond donors (Lipinski definition) is 2. The summed E-state index contributed by atoms with van der Waals surface area (Å²) in [6.45, 7) is 8.61. The zero-order chi connectivity index (χ0) is 25.1. The molecule has 1 heterocycles. The Labute approximate surface area is 201 Å². The number of rotatable bonds is 6. The van der Waals surface area contributed by atoms with Crippen LogP contribution in [0, 0.1) is 5.92 Å². The van der Waals surface area contributed by atoms with Crippen molar-refractivity contribution in [2.75, 3.05) is 25.5 Å². The van der Waals surface area contributed by atoms with Crippen LogP contribution >= 0.6 is 0 Å². The summed E-state index contributed by atoms with van der Waals surface area (Å²) >= 11 is 0. The van der Waals surface area contributed by atoms with Gasteiger partial charge in [-0.05, 0) is 69.9 Å². The highest BCUT2D eigenvalue weighted by Crippen LogP contribution is 2.28. The number of carbonyl (C=O) groups excluding carboxylic acids is 2. The van der Waals surface area contributed by atoms with Gasteiger partial charge in [0.25, 0.3) is 11.8 Å². The molecule has 0 atom stereocenters. The van der Waals surface area contributed by atoms with Crippen LogP contribution in [0.2, 0.25) is 0 Å². The van der Waals surface area contributed by atoms with Gasteiger partial charge in [-0.2, -0.15) is 4.31 Å². The SMILES string of the molecule is COc1ccc(S(=O)(=O)N2CCC(C)CC2)cc1C(=O)Nc1ccccc1C(=O)NC(C)(C)C. The van der Waals surface area contributed by atoms with Gasteiger partial charge >= 0.3 is 0 Å². The minimum absolute atomic E-state index is 0.0340. The Hall–Kier alpha value is -2.91. The number of para-hydroxylation sites is 1. The van der Waals surface area contributed by atoms with Crippen LogP contribution in [-0.4, -0.2) is 50.3 Å². The fourth-order valence-corrected chi connectivity index (χ4v) is 5.28. The number of benzene rings is 2. The summed E-state index contributed by atoms with van der Waals surface area (Å²) in [5.74, 6) is -0.178. The average Bonchev–Trinajstić information content (AvgIpc) is 2.78. The lowest BCUT2D eigenvalue weighted by Gasteiger charge is -2.29. The van der Waals surface area contributed by atoms with Crippen LogP contribution in [0.3, 0.4) is 0 Å². The summed E-state index contributed by atoms with van der Waals surface area (Å²) < 4.78 is 33.2. The lowest BCUT2D eigenvalue weighted by Crippen LogP contribution is -2.40. The second-order valence-electron chi connectivity index (χ2n) is 9.65. The molecule has 2 N–H and O–H groups in total. The molecule has 1 saturated heterocycles. The number of hydrogen-bond acceptors (Lipinski definition) is 5. The van der Waals surface area contributed by atoms with Crippen LogP contribution < -0.4 is 15.4 Å². The van der Waals surface area contributed by atoms with Gasteiger partial charge in [0.15, 0.2) is 0 Å². The van der Waals surface area contributed by atoms with Gasteiger partial charge in [0.1, 0.15) is 5.75 Å². The number of anilines is 1. The molecule has 2 aromatic carbocycles. The van der Waals surface area contributed by atoms with E-state index in [0.717, 1.165) is 12.8 Å². The fraction of sp³-hybridized carbons (Fsp3) is 0.440. The minimum atomic E-state index is -3.75. The van der Waals surface area contributed by atoms with Gasteiger partial charge in [-0.3, -0.25) is 9.59 Å². The first kappa shape index (κ1) is 25.7. The molecule has 8 nitrogen and oxygen atoms in total. The average molecular weight is 488 g/mol. The number of nitrogens with one attached hydrogen (secondary N) is 2. The third kappa shape index (κ3) is 5.95. The molecule has 3 rings (SSSR count). The Morgan fingerprint density at radius 2 is 1.65 bits per heavy atom. The van der Waals surface area contributed by atoms with Gasteiger partial charge in [0.05, 0.1) is 28.8 Å². The summed E-state index contributed by atoms with van der Waals surface area (Å²) in [5.41, 5.74) is 0.234. The highest BCUT2D eigenvalue weighted by Gasteiger charge is 2.29. The van der Waals surface area contributed by atoms with Crippen molar-refractivity contribution in [1.82, 2.24) is 9.62 Å². The van der Waals surface area contributed by atoms with Gasteiger partial charge in [0, 0.05) is 18.6 Å². The van der Waals surface area contributed by atoms with E-state index < -0.39 is 21.5 Å². The number of methoxy groups -OCH3 is 1. The summed E-state index contributed by atoms with van der Waals surface area (Å²) in [7, 11) is -2.33. The Morgan fingerprint density at radius 1 is 1.00 bits per heavy atom. The van der Waals surface area contributed by atoms with Crippen molar-refractivity contribution in [2.24, 2.45) is 5.92 Å². The van der Waals surface area contributed by atoms with Gasteiger partial charge < -0.3 is 15.4 Å². The van der Waals surface area contributed by atoms with Crippen LogP contribution in [0.25, 0.3) is 0 Å². The molecule has 0 aromatic heterocycles. The Kier molecular flexibility index (Phi) is 7.67. The summed E-state index contributed by atoms with van der Waals surface area (Å²) in [5, 5.41) is 5.62. The second kappa shape index (κ2) is 10.1. The first-order chi connectivity index (χ1) is 15.9. The van der Waals surface area contributed by atoms with E-state index in [9.17, 15) is 18.0 Å². The smallest absolute Gasteiger partial charge is 0.259 e. The highest BCUT2D eigenvalue weighted by atomic mass is 32.2. The molecule has 9 heteroatoms. The Morgan fingerprint density at radius 3 is 2.26 bits per heavy atom. The van der Waals surface area contributed by atoms with Crippen LogP contribution in [0.4, 0.5) is 5.69 Å². The van der Waals surface area contributed by atoms with Crippen molar-refractivity contribution in [3.05, 3.63) is 53.6 Å². The van der Waals surface area contributed by atoms with E-state index in [1.54, 1.807) is 24.3 Å². The van der Waals surface area contributed by atoms with Crippen LogP contribution in [0.1, 0.15) is 61.3 Å². The zero-order valence-corrected chi connectivity index (χ0v) is 21.2. The summed E-state index contributed by atoms with van der Waals surface area (Å²) in [4.78, 5) is 26.0. The molecular weight excluding hydrogens is 454 g/mol. The predicted molar refractivity (Wildman–Crippen MR) is 132 cm³/mol. The van der Waals surface area contributed by atoms with E-state index in [-0.39, 0.29) is 22.1 Å². The first-order valence-corrected chi connectivity index (χ1v) is 12.8. The molecule has 1 aliphatic heterocycles. The number of ether oxygens (including phenoxy) is 1. The van der Waals surface area contributed by atoms with Gasteiger partial charge in [0.2, 0.25) is 10.0 Å².